The van der Waals surface area contributed by atoms with Gasteiger partial charge in [0.15, 0.2) is 0 Å². The zero-order chi connectivity index (χ0) is 13.1. The highest BCUT2D eigenvalue weighted by Gasteiger charge is 2.07. The second-order valence-corrected chi connectivity index (χ2v) is 4.59. The SMILES string of the molecule is Cc1cnc(Oc2cccc(C(=O)O)c2)c(Br)c1. The molecule has 5 heteroatoms. The summed E-state index contributed by atoms with van der Waals surface area (Å²) in [5.74, 6) is -0.147. The highest BCUT2D eigenvalue weighted by atomic mass is 79.9. The third-order valence-corrected chi connectivity index (χ3v) is 2.81. The third-order valence-electron chi connectivity index (χ3n) is 2.24. The molecule has 0 fully saturated rings. The number of carboxylic acids is 1. The first-order valence-corrected chi connectivity index (χ1v) is 5.99. The van der Waals surface area contributed by atoms with Gasteiger partial charge in [0, 0.05) is 6.20 Å². The zero-order valence-corrected chi connectivity index (χ0v) is 11.1. The van der Waals surface area contributed by atoms with Crippen LogP contribution in [0, 0.1) is 6.92 Å². The van der Waals surface area contributed by atoms with E-state index in [1.807, 2.05) is 13.0 Å². The van der Waals surface area contributed by atoms with Gasteiger partial charge in [0.2, 0.25) is 5.88 Å². The lowest BCUT2D eigenvalue weighted by Gasteiger charge is -2.07. The number of aryl methyl sites for hydroxylation is 1. The molecule has 1 aromatic carbocycles. The van der Waals surface area contributed by atoms with Crippen LogP contribution in [0.4, 0.5) is 0 Å². The van der Waals surface area contributed by atoms with Crippen molar-refractivity contribution in [3.8, 4) is 11.6 Å². The van der Waals surface area contributed by atoms with E-state index in [0.29, 0.717) is 11.6 Å². The molecule has 0 atom stereocenters. The summed E-state index contributed by atoms with van der Waals surface area (Å²) in [4.78, 5) is 15.0. The molecule has 0 aliphatic rings. The number of pyridine rings is 1. The molecule has 0 radical (unpaired) electrons. The van der Waals surface area contributed by atoms with E-state index in [2.05, 4.69) is 20.9 Å². The summed E-state index contributed by atoms with van der Waals surface area (Å²) in [5, 5.41) is 8.89. The number of carboxylic acid groups (broad SMARTS) is 1. The molecule has 0 saturated carbocycles. The van der Waals surface area contributed by atoms with Gasteiger partial charge in [-0.25, -0.2) is 9.78 Å². The van der Waals surface area contributed by atoms with Crippen molar-refractivity contribution in [3.63, 3.8) is 0 Å². The lowest BCUT2D eigenvalue weighted by Crippen LogP contribution is -1.96. The number of nitrogens with zero attached hydrogens (tertiary/aromatic N) is 1. The lowest BCUT2D eigenvalue weighted by molar-refractivity contribution is 0.0696. The molecule has 1 N–H and O–H groups in total. The Labute approximate surface area is 112 Å². The predicted octanol–water partition coefficient (Wildman–Crippen LogP) is 3.64. The van der Waals surface area contributed by atoms with Gasteiger partial charge in [-0.3, -0.25) is 0 Å². The minimum atomic E-state index is -0.989. The Bertz CT molecular complexity index is 599. The quantitative estimate of drug-likeness (QED) is 0.940. The van der Waals surface area contributed by atoms with E-state index >= 15 is 0 Å². The molecule has 92 valence electrons. The van der Waals surface area contributed by atoms with Gasteiger partial charge in [-0.15, -0.1) is 0 Å². The van der Waals surface area contributed by atoms with Gasteiger partial charge >= 0.3 is 5.97 Å². The van der Waals surface area contributed by atoms with Crippen LogP contribution in [0.5, 0.6) is 11.6 Å². The normalized spacial score (nSPS) is 10.1. The van der Waals surface area contributed by atoms with Crippen molar-refractivity contribution in [2.24, 2.45) is 0 Å². The lowest BCUT2D eigenvalue weighted by atomic mass is 10.2. The van der Waals surface area contributed by atoms with Gasteiger partial charge in [-0.2, -0.15) is 0 Å². The number of benzene rings is 1. The fourth-order valence-corrected chi connectivity index (χ4v) is 1.94. The molecule has 0 amide bonds. The van der Waals surface area contributed by atoms with Crippen LogP contribution >= 0.6 is 15.9 Å². The standard InChI is InChI=1S/C13H10BrNO3/c1-8-5-11(14)12(15-7-8)18-10-4-2-3-9(6-10)13(16)17/h2-7H,1H3,(H,16,17). The first kappa shape index (κ1) is 12.6. The Hall–Kier alpha value is -1.88. The summed E-state index contributed by atoms with van der Waals surface area (Å²) in [6.45, 7) is 1.92. The fourth-order valence-electron chi connectivity index (χ4n) is 1.40. The number of ether oxygens (including phenoxy) is 1. The zero-order valence-electron chi connectivity index (χ0n) is 9.55. The van der Waals surface area contributed by atoms with E-state index in [1.54, 1.807) is 18.3 Å². The smallest absolute Gasteiger partial charge is 0.335 e. The van der Waals surface area contributed by atoms with Crippen LogP contribution in [0.3, 0.4) is 0 Å². The van der Waals surface area contributed by atoms with Gasteiger partial charge in [0.25, 0.3) is 0 Å². The topological polar surface area (TPSA) is 59.4 Å². The molecule has 0 aliphatic heterocycles. The molecule has 1 aromatic heterocycles. The maximum atomic E-state index is 10.8. The fraction of sp³-hybridized carbons (Fsp3) is 0.0769. The number of carbonyl (C=O) groups is 1. The summed E-state index contributed by atoms with van der Waals surface area (Å²) < 4.78 is 6.26. The number of hydrogen-bond donors (Lipinski definition) is 1. The van der Waals surface area contributed by atoms with Crippen molar-refractivity contribution in [1.82, 2.24) is 4.98 Å². The number of aromatic carboxylic acids is 1. The van der Waals surface area contributed by atoms with Crippen molar-refractivity contribution in [3.05, 3.63) is 52.1 Å². The molecule has 0 unspecified atom stereocenters. The monoisotopic (exact) mass is 307 g/mol. The van der Waals surface area contributed by atoms with E-state index in [9.17, 15) is 4.79 Å². The van der Waals surface area contributed by atoms with Gasteiger partial charge in [-0.05, 0) is 52.7 Å². The van der Waals surface area contributed by atoms with Crippen molar-refractivity contribution in [2.45, 2.75) is 6.92 Å². The number of aromatic nitrogens is 1. The number of hydrogen-bond acceptors (Lipinski definition) is 3. The Morgan fingerprint density at radius 2 is 2.17 bits per heavy atom. The van der Waals surface area contributed by atoms with Crippen LogP contribution in [-0.2, 0) is 0 Å². The molecular formula is C13H10BrNO3. The Kier molecular flexibility index (Phi) is 3.62. The number of halogens is 1. The molecule has 2 aromatic rings. The highest BCUT2D eigenvalue weighted by molar-refractivity contribution is 9.10. The van der Waals surface area contributed by atoms with Crippen LogP contribution < -0.4 is 4.74 Å². The van der Waals surface area contributed by atoms with E-state index in [1.165, 1.54) is 12.1 Å². The molecule has 0 saturated heterocycles. The third kappa shape index (κ3) is 2.87. The molecule has 18 heavy (non-hydrogen) atoms. The van der Waals surface area contributed by atoms with Gasteiger partial charge in [-0.1, -0.05) is 6.07 Å². The summed E-state index contributed by atoms with van der Waals surface area (Å²) >= 11 is 3.35. The summed E-state index contributed by atoms with van der Waals surface area (Å²) in [7, 11) is 0. The van der Waals surface area contributed by atoms with Crippen LogP contribution in [-0.4, -0.2) is 16.1 Å². The maximum Gasteiger partial charge on any atom is 0.335 e. The van der Waals surface area contributed by atoms with Crippen LogP contribution in [0.25, 0.3) is 0 Å². The summed E-state index contributed by atoms with van der Waals surface area (Å²) in [6.07, 6.45) is 1.68. The molecule has 2 rings (SSSR count). The maximum absolute atomic E-state index is 10.8. The van der Waals surface area contributed by atoms with Gasteiger partial charge in [0.05, 0.1) is 10.0 Å². The molecule has 0 bridgehead atoms. The minimum Gasteiger partial charge on any atom is -0.478 e. The van der Waals surface area contributed by atoms with E-state index in [0.717, 1.165) is 10.0 Å². The minimum absolute atomic E-state index is 0.177. The van der Waals surface area contributed by atoms with Gasteiger partial charge in [0.1, 0.15) is 5.75 Å². The van der Waals surface area contributed by atoms with Crippen molar-refractivity contribution in [2.75, 3.05) is 0 Å². The summed E-state index contributed by atoms with van der Waals surface area (Å²) in [5.41, 5.74) is 1.18. The predicted molar refractivity (Wildman–Crippen MR) is 70.1 cm³/mol. The average molecular weight is 308 g/mol. The molecule has 0 spiro atoms. The van der Waals surface area contributed by atoms with E-state index < -0.39 is 5.97 Å². The largest absolute Gasteiger partial charge is 0.478 e. The Morgan fingerprint density at radius 1 is 1.39 bits per heavy atom. The van der Waals surface area contributed by atoms with Crippen molar-refractivity contribution in [1.29, 1.82) is 0 Å². The average Bonchev–Trinajstić information content (AvgIpc) is 2.33. The Balaban J connectivity index is 2.28. The van der Waals surface area contributed by atoms with E-state index in [-0.39, 0.29) is 5.56 Å². The van der Waals surface area contributed by atoms with Crippen LogP contribution in [0.15, 0.2) is 41.0 Å². The van der Waals surface area contributed by atoms with Gasteiger partial charge < -0.3 is 9.84 Å². The van der Waals surface area contributed by atoms with E-state index in [4.69, 9.17) is 9.84 Å². The molecular weight excluding hydrogens is 298 g/mol. The number of rotatable bonds is 3. The second-order valence-electron chi connectivity index (χ2n) is 3.73. The van der Waals surface area contributed by atoms with Crippen LogP contribution in [0.1, 0.15) is 15.9 Å². The van der Waals surface area contributed by atoms with Crippen molar-refractivity contribution >= 4 is 21.9 Å². The molecule has 0 aliphatic carbocycles. The second kappa shape index (κ2) is 5.18. The first-order valence-electron chi connectivity index (χ1n) is 5.19. The van der Waals surface area contributed by atoms with Crippen molar-refractivity contribution < 1.29 is 14.6 Å². The summed E-state index contributed by atoms with van der Waals surface area (Å²) in [6, 6.07) is 8.15. The molecule has 4 nitrogen and oxygen atoms in total. The van der Waals surface area contributed by atoms with Crippen LogP contribution in [0.2, 0.25) is 0 Å². The molecule has 1 heterocycles. The Morgan fingerprint density at radius 3 is 2.83 bits per heavy atom. The highest BCUT2D eigenvalue weighted by Crippen LogP contribution is 2.28. The first-order chi connectivity index (χ1) is 8.56.